The maximum absolute atomic E-state index is 5.78. The molecule has 1 unspecified atom stereocenters. The lowest BCUT2D eigenvalue weighted by Crippen LogP contribution is -2.34. The lowest BCUT2D eigenvalue weighted by atomic mass is 9.82. The fraction of sp³-hybridized carbons (Fsp3) is 0.500. The summed E-state index contributed by atoms with van der Waals surface area (Å²) in [5.74, 6) is 6.44. The van der Waals surface area contributed by atoms with Gasteiger partial charge in [-0.25, -0.2) is 0 Å². The summed E-state index contributed by atoms with van der Waals surface area (Å²) in [5, 5.41) is 2.09. The standard InChI is InChI=1S/C14H19N3S/c15-17-14(10-4-2-1-3-5-10)11-8-13-12(16-9-11)6-7-18-13/h6-10,14,17H,1-5,15H2. The van der Waals surface area contributed by atoms with E-state index >= 15 is 0 Å². The summed E-state index contributed by atoms with van der Waals surface area (Å²) in [6.07, 6.45) is 8.56. The van der Waals surface area contributed by atoms with Crippen molar-refractivity contribution in [3.05, 3.63) is 29.3 Å². The van der Waals surface area contributed by atoms with Crippen LogP contribution in [0.25, 0.3) is 10.2 Å². The summed E-state index contributed by atoms with van der Waals surface area (Å²) in [7, 11) is 0. The Balaban J connectivity index is 1.89. The van der Waals surface area contributed by atoms with Gasteiger partial charge in [-0.05, 0) is 41.8 Å². The zero-order valence-electron chi connectivity index (χ0n) is 10.4. The molecule has 1 fully saturated rings. The zero-order chi connectivity index (χ0) is 12.4. The Labute approximate surface area is 111 Å². The maximum atomic E-state index is 5.78. The summed E-state index contributed by atoms with van der Waals surface area (Å²) >= 11 is 1.74. The molecule has 1 saturated carbocycles. The van der Waals surface area contributed by atoms with Crippen LogP contribution in [0.4, 0.5) is 0 Å². The van der Waals surface area contributed by atoms with Gasteiger partial charge in [-0.3, -0.25) is 16.3 Å². The highest BCUT2D eigenvalue weighted by atomic mass is 32.1. The lowest BCUT2D eigenvalue weighted by molar-refractivity contribution is 0.273. The van der Waals surface area contributed by atoms with Gasteiger partial charge in [0.2, 0.25) is 0 Å². The van der Waals surface area contributed by atoms with Gasteiger partial charge in [0, 0.05) is 6.20 Å². The van der Waals surface area contributed by atoms with E-state index in [0.29, 0.717) is 5.92 Å². The molecule has 18 heavy (non-hydrogen) atoms. The molecule has 0 aromatic carbocycles. The molecule has 2 aromatic rings. The predicted molar refractivity (Wildman–Crippen MR) is 76.3 cm³/mol. The second-order valence-corrected chi connectivity index (χ2v) is 6.06. The third-order valence-corrected chi connectivity index (χ3v) is 4.84. The van der Waals surface area contributed by atoms with Gasteiger partial charge in [0.25, 0.3) is 0 Å². The SMILES string of the molecule is NNC(c1cnc2ccsc2c1)C1CCCCC1. The third kappa shape index (κ3) is 2.28. The van der Waals surface area contributed by atoms with E-state index in [1.165, 1.54) is 42.4 Å². The Morgan fingerprint density at radius 1 is 1.33 bits per heavy atom. The second-order valence-electron chi connectivity index (χ2n) is 5.12. The van der Waals surface area contributed by atoms with Crippen LogP contribution in [0.1, 0.15) is 43.7 Å². The molecule has 0 amide bonds. The molecule has 4 heteroatoms. The quantitative estimate of drug-likeness (QED) is 0.658. The number of nitrogens with zero attached hydrogens (tertiary/aromatic N) is 1. The molecule has 0 radical (unpaired) electrons. The van der Waals surface area contributed by atoms with Crippen molar-refractivity contribution in [1.82, 2.24) is 10.4 Å². The molecule has 1 aliphatic rings. The van der Waals surface area contributed by atoms with Crippen molar-refractivity contribution in [3.63, 3.8) is 0 Å². The van der Waals surface area contributed by atoms with Gasteiger partial charge in [-0.2, -0.15) is 0 Å². The Hall–Kier alpha value is -0.970. The van der Waals surface area contributed by atoms with Crippen LogP contribution in [-0.4, -0.2) is 4.98 Å². The van der Waals surface area contributed by atoms with Crippen LogP contribution < -0.4 is 11.3 Å². The smallest absolute Gasteiger partial charge is 0.0809 e. The van der Waals surface area contributed by atoms with Crippen LogP contribution in [0.3, 0.4) is 0 Å². The van der Waals surface area contributed by atoms with E-state index in [4.69, 9.17) is 5.84 Å². The summed E-state index contributed by atoms with van der Waals surface area (Å²) in [6.45, 7) is 0. The first-order chi connectivity index (χ1) is 8.88. The normalized spacial score (nSPS) is 19.2. The van der Waals surface area contributed by atoms with Crippen LogP contribution in [0.2, 0.25) is 0 Å². The number of hydrogen-bond donors (Lipinski definition) is 2. The molecular weight excluding hydrogens is 242 g/mol. The fourth-order valence-electron chi connectivity index (χ4n) is 3.00. The van der Waals surface area contributed by atoms with Crippen LogP contribution in [0.15, 0.2) is 23.7 Å². The summed E-state index contributed by atoms with van der Waals surface area (Å²) in [4.78, 5) is 4.52. The van der Waals surface area contributed by atoms with Gasteiger partial charge in [0.1, 0.15) is 0 Å². The molecule has 1 atom stereocenters. The number of thiophene rings is 1. The summed E-state index contributed by atoms with van der Waals surface area (Å²) in [6, 6.07) is 4.56. The molecule has 3 rings (SSSR count). The molecule has 3 N–H and O–H groups in total. The van der Waals surface area contributed by atoms with Gasteiger partial charge in [-0.1, -0.05) is 19.3 Å². The molecule has 1 aliphatic carbocycles. The predicted octanol–water partition coefficient (Wildman–Crippen LogP) is 3.38. The first kappa shape index (κ1) is 12.1. The van der Waals surface area contributed by atoms with Crippen LogP contribution in [-0.2, 0) is 0 Å². The Morgan fingerprint density at radius 2 is 2.17 bits per heavy atom. The monoisotopic (exact) mass is 261 g/mol. The second kappa shape index (κ2) is 5.34. The molecule has 2 aromatic heterocycles. The molecule has 0 aliphatic heterocycles. The lowest BCUT2D eigenvalue weighted by Gasteiger charge is -2.29. The van der Waals surface area contributed by atoms with Crippen molar-refractivity contribution in [2.45, 2.75) is 38.1 Å². The van der Waals surface area contributed by atoms with Crippen molar-refractivity contribution in [2.75, 3.05) is 0 Å². The first-order valence-electron chi connectivity index (χ1n) is 6.68. The van der Waals surface area contributed by atoms with Crippen LogP contribution >= 0.6 is 11.3 Å². The zero-order valence-corrected chi connectivity index (χ0v) is 11.2. The van der Waals surface area contributed by atoms with Crippen molar-refractivity contribution in [3.8, 4) is 0 Å². The molecule has 3 nitrogen and oxygen atoms in total. The largest absolute Gasteiger partial charge is 0.271 e. The van der Waals surface area contributed by atoms with E-state index < -0.39 is 0 Å². The van der Waals surface area contributed by atoms with E-state index in [1.54, 1.807) is 11.3 Å². The van der Waals surface area contributed by atoms with Crippen molar-refractivity contribution in [2.24, 2.45) is 11.8 Å². The van der Waals surface area contributed by atoms with Crippen molar-refractivity contribution < 1.29 is 0 Å². The molecule has 0 bridgehead atoms. The molecule has 2 heterocycles. The Kier molecular flexibility index (Phi) is 3.59. The van der Waals surface area contributed by atoms with Crippen LogP contribution in [0.5, 0.6) is 0 Å². The molecular formula is C14H19N3S. The van der Waals surface area contributed by atoms with Gasteiger partial charge < -0.3 is 0 Å². The average molecular weight is 261 g/mol. The summed E-state index contributed by atoms with van der Waals surface area (Å²) < 4.78 is 1.25. The van der Waals surface area contributed by atoms with Gasteiger partial charge in [0.15, 0.2) is 0 Å². The van der Waals surface area contributed by atoms with Gasteiger partial charge in [0.05, 0.1) is 16.3 Å². The van der Waals surface area contributed by atoms with E-state index in [2.05, 4.69) is 27.9 Å². The fourth-order valence-corrected chi connectivity index (χ4v) is 3.79. The highest BCUT2D eigenvalue weighted by Crippen LogP contribution is 2.34. The minimum Gasteiger partial charge on any atom is -0.271 e. The van der Waals surface area contributed by atoms with E-state index in [9.17, 15) is 0 Å². The van der Waals surface area contributed by atoms with Crippen molar-refractivity contribution >= 4 is 21.6 Å². The average Bonchev–Trinajstić information content (AvgIpc) is 2.88. The maximum Gasteiger partial charge on any atom is 0.0809 e. The molecule has 0 spiro atoms. The number of hydrogen-bond acceptors (Lipinski definition) is 4. The topological polar surface area (TPSA) is 50.9 Å². The summed E-state index contributed by atoms with van der Waals surface area (Å²) in [5.41, 5.74) is 5.33. The first-order valence-corrected chi connectivity index (χ1v) is 7.56. The Morgan fingerprint density at radius 3 is 2.94 bits per heavy atom. The Bertz CT molecular complexity index is 516. The number of nitrogens with two attached hydrogens (primary N) is 1. The molecule has 0 saturated heterocycles. The third-order valence-electron chi connectivity index (χ3n) is 3.98. The number of hydrazine groups is 1. The number of fused-ring (bicyclic) bond motifs is 1. The highest BCUT2D eigenvalue weighted by Gasteiger charge is 2.24. The van der Waals surface area contributed by atoms with E-state index in [1.807, 2.05) is 6.20 Å². The van der Waals surface area contributed by atoms with Gasteiger partial charge in [-0.15, -0.1) is 11.3 Å². The van der Waals surface area contributed by atoms with Gasteiger partial charge >= 0.3 is 0 Å². The minimum atomic E-state index is 0.254. The highest BCUT2D eigenvalue weighted by molar-refractivity contribution is 7.17. The number of aromatic nitrogens is 1. The number of nitrogens with one attached hydrogen (secondary N) is 1. The van der Waals surface area contributed by atoms with E-state index in [0.717, 1.165) is 5.52 Å². The van der Waals surface area contributed by atoms with Crippen molar-refractivity contribution in [1.29, 1.82) is 0 Å². The van der Waals surface area contributed by atoms with E-state index in [-0.39, 0.29) is 6.04 Å². The molecule has 96 valence electrons. The number of rotatable bonds is 3. The van der Waals surface area contributed by atoms with Crippen LogP contribution in [0, 0.1) is 5.92 Å². The minimum absolute atomic E-state index is 0.254. The number of pyridine rings is 1.